The van der Waals surface area contributed by atoms with Crippen LogP contribution in [0.3, 0.4) is 0 Å². The van der Waals surface area contributed by atoms with Crippen LogP contribution in [-0.2, 0) is 4.79 Å². The monoisotopic (exact) mass is 509 g/mol. The second-order valence-corrected chi connectivity index (χ2v) is 11.3. The molecule has 0 aromatic rings. The van der Waals surface area contributed by atoms with Gasteiger partial charge < -0.3 is 5.32 Å². The fourth-order valence-corrected chi connectivity index (χ4v) is 5.22. The van der Waals surface area contributed by atoms with Gasteiger partial charge in [-0.2, -0.15) is 0 Å². The third-order valence-electron chi connectivity index (χ3n) is 7.76. The van der Waals surface area contributed by atoms with E-state index in [1.54, 1.807) is 0 Å². The summed E-state index contributed by atoms with van der Waals surface area (Å²) in [5.41, 5.74) is 0. The van der Waals surface area contributed by atoms with Crippen molar-refractivity contribution < 1.29 is 4.79 Å². The van der Waals surface area contributed by atoms with Crippen LogP contribution in [0.5, 0.6) is 0 Å². The van der Waals surface area contributed by atoms with Crippen LogP contribution in [0.4, 0.5) is 0 Å². The lowest BCUT2D eigenvalue weighted by Gasteiger charge is -2.31. The van der Waals surface area contributed by atoms with Crippen LogP contribution in [0, 0.1) is 0 Å². The largest absolute Gasteiger partial charge is 0.341 e. The minimum absolute atomic E-state index is 0.218. The van der Waals surface area contributed by atoms with Gasteiger partial charge in [-0.25, -0.2) is 0 Å². The normalized spacial score (nSPS) is 12.4. The number of nitrogens with zero attached hydrogens (tertiary/aromatic N) is 1. The van der Waals surface area contributed by atoms with Gasteiger partial charge in [0.25, 0.3) is 0 Å². The minimum atomic E-state index is 0.218. The molecule has 0 rings (SSSR count). The predicted molar refractivity (Wildman–Crippen MR) is 162 cm³/mol. The Morgan fingerprint density at radius 1 is 0.500 bits per heavy atom. The third-order valence-corrected chi connectivity index (χ3v) is 7.76. The van der Waals surface area contributed by atoms with Crippen LogP contribution in [0.1, 0.15) is 188 Å². The molecule has 3 heteroatoms. The SMILES string of the molecule is CCCCCCCCCCCCCCCCCCCCCC(=O)NC(CC)N(CCCC)CCCC. The Balaban J connectivity index is 3.54. The van der Waals surface area contributed by atoms with Crippen molar-refractivity contribution in [3.05, 3.63) is 0 Å². The molecule has 0 aliphatic carbocycles. The van der Waals surface area contributed by atoms with E-state index in [2.05, 4.69) is 37.9 Å². The summed E-state index contributed by atoms with van der Waals surface area (Å²) in [5, 5.41) is 3.33. The van der Waals surface area contributed by atoms with Gasteiger partial charge in [-0.1, -0.05) is 156 Å². The molecule has 0 heterocycles. The summed E-state index contributed by atoms with van der Waals surface area (Å²) in [5.74, 6) is 0.256. The quantitative estimate of drug-likeness (QED) is 0.0804. The summed E-state index contributed by atoms with van der Waals surface area (Å²) in [4.78, 5) is 15.0. The van der Waals surface area contributed by atoms with Gasteiger partial charge in [0, 0.05) is 19.5 Å². The molecule has 0 spiro atoms. The Labute approximate surface area is 228 Å². The number of carbonyl (C=O) groups excluding carboxylic acids is 1. The average molecular weight is 509 g/mol. The Kier molecular flexibility index (Phi) is 28.5. The van der Waals surface area contributed by atoms with Crippen LogP contribution >= 0.6 is 0 Å². The number of unbranched alkanes of at least 4 members (excludes halogenated alkanes) is 20. The summed E-state index contributed by atoms with van der Waals surface area (Å²) in [6.07, 6.45) is 33.2. The van der Waals surface area contributed by atoms with Gasteiger partial charge in [0.15, 0.2) is 0 Å². The number of amides is 1. The topological polar surface area (TPSA) is 32.3 Å². The molecular formula is C33H68N2O. The molecule has 0 bridgehead atoms. The Hall–Kier alpha value is -0.570. The lowest BCUT2D eigenvalue weighted by atomic mass is 10.0. The minimum Gasteiger partial charge on any atom is -0.341 e. The summed E-state index contributed by atoms with van der Waals surface area (Å²) in [6.45, 7) is 11.2. The summed E-state index contributed by atoms with van der Waals surface area (Å²) >= 11 is 0. The van der Waals surface area contributed by atoms with Crippen molar-refractivity contribution in [3.8, 4) is 0 Å². The fraction of sp³-hybridized carbons (Fsp3) is 0.970. The van der Waals surface area contributed by atoms with Crippen LogP contribution < -0.4 is 5.32 Å². The summed E-state index contributed by atoms with van der Waals surface area (Å²) in [7, 11) is 0. The highest BCUT2D eigenvalue weighted by Crippen LogP contribution is 2.15. The molecule has 1 unspecified atom stereocenters. The zero-order chi connectivity index (χ0) is 26.5. The van der Waals surface area contributed by atoms with Crippen molar-refractivity contribution in [3.63, 3.8) is 0 Å². The highest BCUT2D eigenvalue weighted by molar-refractivity contribution is 5.76. The van der Waals surface area contributed by atoms with Gasteiger partial charge in [0.2, 0.25) is 5.91 Å². The summed E-state index contributed by atoms with van der Waals surface area (Å²) in [6, 6.07) is 0. The average Bonchev–Trinajstić information content (AvgIpc) is 2.89. The maximum atomic E-state index is 12.5. The number of nitrogens with one attached hydrogen (secondary N) is 1. The molecule has 1 N–H and O–H groups in total. The number of carbonyl (C=O) groups is 1. The number of hydrogen-bond acceptors (Lipinski definition) is 2. The highest BCUT2D eigenvalue weighted by Gasteiger charge is 2.17. The van der Waals surface area contributed by atoms with Crippen molar-refractivity contribution in [1.82, 2.24) is 10.2 Å². The predicted octanol–water partition coefficient (Wildman–Crippen LogP) is 10.6. The van der Waals surface area contributed by atoms with Crippen molar-refractivity contribution >= 4 is 5.91 Å². The van der Waals surface area contributed by atoms with Crippen molar-refractivity contribution in [2.45, 2.75) is 194 Å². The van der Waals surface area contributed by atoms with Gasteiger partial charge in [-0.05, 0) is 25.7 Å². The van der Waals surface area contributed by atoms with E-state index in [-0.39, 0.29) is 12.1 Å². The number of rotatable bonds is 29. The molecule has 1 amide bonds. The molecule has 3 nitrogen and oxygen atoms in total. The van der Waals surface area contributed by atoms with Crippen molar-refractivity contribution in [2.24, 2.45) is 0 Å². The first-order chi connectivity index (χ1) is 17.7. The molecule has 0 saturated heterocycles. The molecule has 0 aromatic carbocycles. The van der Waals surface area contributed by atoms with Crippen LogP contribution in [0.2, 0.25) is 0 Å². The van der Waals surface area contributed by atoms with E-state index in [1.165, 1.54) is 141 Å². The first kappa shape index (κ1) is 35.4. The second kappa shape index (κ2) is 29.0. The van der Waals surface area contributed by atoms with Crippen LogP contribution in [-0.4, -0.2) is 30.1 Å². The zero-order valence-corrected chi connectivity index (χ0v) is 25.5. The molecule has 216 valence electrons. The standard InChI is InChI=1S/C33H68N2O/c1-5-9-12-13-14-15-16-17-18-19-20-21-22-23-24-25-26-27-28-29-33(36)34-32(8-4)35(30-10-6-2)31-11-7-3/h32H,5-31H2,1-4H3,(H,34,36). The molecule has 0 aliphatic rings. The van der Waals surface area contributed by atoms with Crippen LogP contribution in [0.25, 0.3) is 0 Å². The zero-order valence-electron chi connectivity index (χ0n) is 25.5. The Bertz CT molecular complexity index is 431. The van der Waals surface area contributed by atoms with Gasteiger partial charge in [0.1, 0.15) is 0 Å². The first-order valence-corrected chi connectivity index (χ1v) is 16.7. The van der Waals surface area contributed by atoms with E-state index in [1.807, 2.05) is 0 Å². The molecule has 0 aliphatic heterocycles. The molecule has 0 radical (unpaired) electrons. The van der Waals surface area contributed by atoms with Gasteiger partial charge in [-0.15, -0.1) is 0 Å². The van der Waals surface area contributed by atoms with Gasteiger partial charge in [-0.3, -0.25) is 9.69 Å². The first-order valence-electron chi connectivity index (χ1n) is 16.7. The third kappa shape index (κ3) is 23.8. The van der Waals surface area contributed by atoms with Crippen molar-refractivity contribution in [1.29, 1.82) is 0 Å². The fourth-order valence-electron chi connectivity index (χ4n) is 5.22. The lowest BCUT2D eigenvalue weighted by molar-refractivity contribution is -0.123. The van der Waals surface area contributed by atoms with E-state index < -0.39 is 0 Å². The van der Waals surface area contributed by atoms with E-state index in [0.717, 1.165) is 25.9 Å². The summed E-state index contributed by atoms with van der Waals surface area (Å²) < 4.78 is 0. The van der Waals surface area contributed by atoms with Crippen LogP contribution in [0.15, 0.2) is 0 Å². The Morgan fingerprint density at radius 2 is 0.833 bits per heavy atom. The maximum Gasteiger partial charge on any atom is 0.221 e. The smallest absolute Gasteiger partial charge is 0.221 e. The van der Waals surface area contributed by atoms with E-state index in [4.69, 9.17) is 0 Å². The lowest BCUT2D eigenvalue weighted by Crippen LogP contribution is -2.48. The van der Waals surface area contributed by atoms with E-state index >= 15 is 0 Å². The van der Waals surface area contributed by atoms with Gasteiger partial charge >= 0.3 is 0 Å². The van der Waals surface area contributed by atoms with E-state index in [9.17, 15) is 4.79 Å². The molecular weight excluding hydrogens is 440 g/mol. The van der Waals surface area contributed by atoms with E-state index in [0.29, 0.717) is 6.42 Å². The number of hydrogen-bond donors (Lipinski definition) is 1. The molecule has 1 atom stereocenters. The maximum absolute atomic E-state index is 12.5. The molecule has 0 aromatic heterocycles. The highest BCUT2D eigenvalue weighted by atomic mass is 16.1. The Morgan fingerprint density at radius 3 is 1.17 bits per heavy atom. The molecule has 0 fully saturated rings. The van der Waals surface area contributed by atoms with Gasteiger partial charge in [0.05, 0.1) is 6.17 Å². The molecule has 0 saturated carbocycles. The van der Waals surface area contributed by atoms with Crippen molar-refractivity contribution in [2.75, 3.05) is 13.1 Å². The second-order valence-electron chi connectivity index (χ2n) is 11.3. The molecule has 36 heavy (non-hydrogen) atoms.